The molecule has 0 aliphatic carbocycles. The molecule has 1 aromatic carbocycles. The van der Waals surface area contributed by atoms with Gasteiger partial charge >= 0.3 is 12.3 Å². The van der Waals surface area contributed by atoms with Crippen LogP contribution in [0, 0.1) is 0 Å². The lowest BCUT2D eigenvalue weighted by molar-refractivity contribution is -0.274. The van der Waals surface area contributed by atoms with Crippen molar-refractivity contribution in [2.75, 3.05) is 6.61 Å². The summed E-state index contributed by atoms with van der Waals surface area (Å²) >= 11 is 3.87. The molecule has 0 aliphatic rings. The Morgan fingerprint density at radius 2 is 2.06 bits per heavy atom. The van der Waals surface area contributed by atoms with Crippen LogP contribution < -0.4 is 4.74 Å². The number of alkyl halides is 3. The lowest BCUT2D eigenvalue weighted by Crippen LogP contribution is -2.19. The fourth-order valence-corrected chi connectivity index (χ4v) is 1.29. The quantitative estimate of drug-likeness (QED) is 0.674. The lowest BCUT2D eigenvalue weighted by atomic mass is 10.2. The molecule has 0 atom stereocenters. The van der Waals surface area contributed by atoms with Crippen molar-refractivity contribution in [3.8, 4) is 5.75 Å². The molecule has 17 heavy (non-hydrogen) atoms. The van der Waals surface area contributed by atoms with Gasteiger partial charge in [-0.25, -0.2) is 4.79 Å². The van der Waals surface area contributed by atoms with E-state index in [0.29, 0.717) is 0 Å². The zero-order valence-electron chi connectivity index (χ0n) is 8.75. The molecule has 3 nitrogen and oxygen atoms in total. The number of thiol groups is 1. The van der Waals surface area contributed by atoms with Crippen LogP contribution in [0.3, 0.4) is 0 Å². The molecule has 0 aliphatic heterocycles. The van der Waals surface area contributed by atoms with Gasteiger partial charge in [-0.2, -0.15) is 0 Å². The summed E-state index contributed by atoms with van der Waals surface area (Å²) in [4.78, 5) is 11.6. The highest BCUT2D eigenvalue weighted by atomic mass is 32.1. The van der Waals surface area contributed by atoms with Crippen molar-refractivity contribution in [3.05, 3.63) is 23.8 Å². The van der Waals surface area contributed by atoms with E-state index in [1.165, 1.54) is 12.1 Å². The summed E-state index contributed by atoms with van der Waals surface area (Å²) < 4.78 is 44.7. The molecule has 0 aromatic heterocycles. The van der Waals surface area contributed by atoms with Crippen LogP contribution in [-0.2, 0) is 4.74 Å². The molecule has 0 bridgehead atoms. The van der Waals surface area contributed by atoms with E-state index in [0.717, 1.165) is 6.07 Å². The number of benzene rings is 1. The van der Waals surface area contributed by atoms with Crippen molar-refractivity contribution in [2.24, 2.45) is 0 Å². The van der Waals surface area contributed by atoms with Crippen molar-refractivity contribution >= 4 is 18.6 Å². The third kappa shape index (κ3) is 4.18. The van der Waals surface area contributed by atoms with Gasteiger partial charge in [-0.1, -0.05) is 0 Å². The molecule has 1 aromatic rings. The fourth-order valence-electron chi connectivity index (χ4n) is 1.10. The number of ether oxygens (including phenoxy) is 2. The predicted molar refractivity (Wildman–Crippen MR) is 56.3 cm³/mol. The molecule has 0 spiro atoms. The summed E-state index contributed by atoms with van der Waals surface area (Å²) in [5, 5.41) is 0. The molecule has 0 unspecified atom stereocenters. The summed E-state index contributed by atoms with van der Waals surface area (Å²) in [5.74, 6) is -1.50. The highest BCUT2D eigenvalue weighted by Crippen LogP contribution is 2.29. The van der Waals surface area contributed by atoms with Crippen LogP contribution >= 0.6 is 12.6 Å². The van der Waals surface area contributed by atoms with Gasteiger partial charge in [0.1, 0.15) is 11.3 Å². The second-order valence-corrected chi connectivity index (χ2v) is 3.47. The molecule has 94 valence electrons. The summed E-state index contributed by atoms with van der Waals surface area (Å²) in [6.07, 6.45) is -4.87. The van der Waals surface area contributed by atoms with Gasteiger partial charge in [-0.15, -0.1) is 25.8 Å². The Bertz CT molecular complexity index is 418. The molecule has 0 saturated heterocycles. The van der Waals surface area contributed by atoms with Gasteiger partial charge in [0.25, 0.3) is 0 Å². The number of esters is 1. The molecule has 0 fully saturated rings. The van der Waals surface area contributed by atoms with Crippen molar-refractivity contribution in [1.82, 2.24) is 0 Å². The molecule has 1 rings (SSSR count). The number of carbonyl (C=O) groups excluding carboxylic acids is 1. The molecular formula is C10H9F3O3S. The van der Waals surface area contributed by atoms with E-state index in [4.69, 9.17) is 0 Å². The Morgan fingerprint density at radius 3 is 2.59 bits per heavy atom. The van der Waals surface area contributed by atoms with Gasteiger partial charge in [0, 0.05) is 4.90 Å². The fraction of sp³-hybridized carbons (Fsp3) is 0.300. The topological polar surface area (TPSA) is 35.5 Å². The van der Waals surface area contributed by atoms with Crippen LogP contribution in [0.15, 0.2) is 23.1 Å². The Hall–Kier alpha value is -1.37. The first-order chi connectivity index (χ1) is 7.83. The average molecular weight is 266 g/mol. The van der Waals surface area contributed by atoms with Gasteiger partial charge in [0.15, 0.2) is 0 Å². The van der Waals surface area contributed by atoms with E-state index < -0.39 is 18.1 Å². The summed E-state index contributed by atoms with van der Waals surface area (Å²) in [5.41, 5.74) is -0.290. The van der Waals surface area contributed by atoms with Gasteiger partial charge in [0.05, 0.1) is 6.61 Å². The Labute approximate surface area is 101 Å². The van der Waals surface area contributed by atoms with Gasteiger partial charge in [-0.05, 0) is 25.1 Å². The smallest absolute Gasteiger partial charge is 0.462 e. The number of carbonyl (C=O) groups is 1. The average Bonchev–Trinajstić information content (AvgIpc) is 2.15. The molecule has 0 heterocycles. The van der Waals surface area contributed by atoms with E-state index in [1.54, 1.807) is 6.92 Å². The van der Waals surface area contributed by atoms with Crippen LogP contribution in [-0.4, -0.2) is 18.9 Å². The van der Waals surface area contributed by atoms with Crippen LogP contribution in [0.1, 0.15) is 17.3 Å². The maximum absolute atomic E-state index is 12.1. The van der Waals surface area contributed by atoms with Crippen molar-refractivity contribution in [3.63, 3.8) is 0 Å². The zero-order chi connectivity index (χ0) is 13.1. The minimum Gasteiger partial charge on any atom is -0.462 e. The zero-order valence-corrected chi connectivity index (χ0v) is 9.64. The van der Waals surface area contributed by atoms with Crippen LogP contribution in [0.2, 0.25) is 0 Å². The minimum absolute atomic E-state index is 0.0624. The van der Waals surface area contributed by atoms with E-state index in [-0.39, 0.29) is 17.1 Å². The van der Waals surface area contributed by atoms with E-state index in [9.17, 15) is 18.0 Å². The molecular weight excluding hydrogens is 257 g/mol. The molecule has 0 N–H and O–H groups in total. The molecule has 0 radical (unpaired) electrons. The number of halogens is 3. The van der Waals surface area contributed by atoms with Crippen LogP contribution in [0.25, 0.3) is 0 Å². The SMILES string of the molecule is CCOC(=O)c1ccc(S)cc1OC(F)(F)F. The largest absolute Gasteiger partial charge is 0.573 e. The summed E-state index contributed by atoms with van der Waals surface area (Å²) in [6, 6.07) is 3.54. The second-order valence-electron chi connectivity index (χ2n) is 2.95. The standard InChI is InChI=1S/C10H9F3O3S/c1-2-15-9(14)7-4-3-6(17)5-8(7)16-10(11,12)13/h3-5,17H,2H2,1H3. The first kappa shape index (κ1) is 13.7. The number of hydrogen-bond acceptors (Lipinski definition) is 4. The molecule has 0 saturated carbocycles. The lowest BCUT2D eigenvalue weighted by Gasteiger charge is -2.12. The van der Waals surface area contributed by atoms with Crippen molar-refractivity contribution in [2.45, 2.75) is 18.2 Å². The normalized spacial score (nSPS) is 11.1. The van der Waals surface area contributed by atoms with Gasteiger partial charge in [-0.3, -0.25) is 0 Å². The first-order valence-corrected chi connectivity index (χ1v) is 5.04. The van der Waals surface area contributed by atoms with Gasteiger partial charge < -0.3 is 9.47 Å². The van der Waals surface area contributed by atoms with E-state index >= 15 is 0 Å². The number of hydrogen-bond donors (Lipinski definition) is 1. The maximum atomic E-state index is 12.1. The van der Waals surface area contributed by atoms with E-state index in [2.05, 4.69) is 22.1 Å². The molecule has 0 amide bonds. The third-order valence-electron chi connectivity index (χ3n) is 1.69. The Morgan fingerprint density at radius 1 is 1.41 bits per heavy atom. The second kappa shape index (κ2) is 5.31. The van der Waals surface area contributed by atoms with Crippen molar-refractivity contribution in [1.29, 1.82) is 0 Å². The third-order valence-corrected chi connectivity index (χ3v) is 1.96. The Kier molecular flexibility index (Phi) is 4.28. The monoisotopic (exact) mass is 266 g/mol. The van der Waals surface area contributed by atoms with Crippen LogP contribution in [0.4, 0.5) is 13.2 Å². The van der Waals surface area contributed by atoms with Crippen molar-refractivity contribution < 1.29 is 27.4 Å². The Balaban J connectivity index is 3.08. The molecule has 7 heteroatoms. The van der Waals surface area contributed by atoms with Crippen LogP contribution in [0.5, 0.6) is 5.75 Å². The maximum Gasteiger partial charge on any atom is 0.573 e. The first-order valence-electron chi connectivity index (χ1n) is 4.59. The predicted octanol–water partition coefficient (Wildman–Crippen LogP) is 3.05. The van der Waals surface area contributed by atoms with Gasteiger partial charge in [0.2, 0.25) is 0 Å². The van der Waals surface area contributed by atoms with E-state index in [1.807, 2.05) is 0 Å². The highest BCUT2D eigenvalue weighted by Gasteiger charge is 2.33. The summed E-state index contributed by atoms with van der Waals surface area (Å²) in [6.45, 7) is 1.61. The summed E-state index contributed by atoms with van der Waals surface area (Å²) in [7, 11) is 0. The number of rotatable bonds is 3. The minimum atomic E-state index is -4.87. The highest BCUT2D eigenvalue weighted by molar-refractivity contribution is 7.80.